The van der Waals surface area contributed by atoms with E-state index in [1.54, 1.807) is 12.3 Å². The van der Waals surface area contributed by atoms with Gasteiger partial charge in [0.25, 0.3) is 0 Å². The number of hydrogen-bond acceptors (Lipinski definition) is 4. The molecule has 78 valence electrons. The molecule has 2 N–H and O–H groups in total. The Morgan fingerprint density at radius 1 is 1.71 bits per heavy atom. The van der Waals surface area contributed by atoms with E-state index in [2.05, 4.69) is 4.98 Å². The standard InChI is InChI=1S/C9H13NO3S/c1-3-6(9(12)13)7(11)8-10-5(2)4-14-8/h4,6-7,11H,3H2,1-2H3,(H,12,13). The van der Waals surface area contributed by atoms with Gasteiger partial charge in [0.1, 0.15) is 11.1 Å². The molecule has 5 heteroatoms. The average Bonchev–Trinajstić information content (AvgIpc) is 2.52. The molecule has 0 aliphatic heterocycles. The lowest BCUT2D eigenvalue weighted by Gasteiger charge is -2.14. The van der Waals surface area contributed by atoms with Gasteiger partial charge in [-0.2, -0.15) is 0 Å². The van der Waals surface area contributed by atoms with E-state index >= 15 is 0 Å². The van der Waals surface area contributed by atoms with Crippen LogP contribution in [0.5, 0.6) is 0 Å². The van der Waals surface area contributed by atoms with Crippen molar-refractivity contribution in [3.05, 3.63) is 16.1 Å². The van der Waals surface area contributed by atoms with E-state index in [0.29, 0.717) is 11.4 Å². The smallest absolute Gasteiger partial charge is 0.309 e. The first-order valence-corrected chi connectivity index (χ1v) is 5.27. The van der Waals surface area contributed by atoms with Gasteiger partial charge < -0.3 is 10.2 Å². The van der Waals surface area contributed by atoms with Crippen LogP contribution in [-0.4, -0.2) is 21.2 Å². The fourth-order valence-electron chi connectivity index (χ4n) is 1.21. The molecule has 0 aromatic carbocycles. The van der Waals surface area contributed by atoms with Crippen LogP contribution in [0.3, 0.4) is 0 Å². The number of aryl methyl sites for hydroxylation is 1. The van der Waals surface area contributed by atoms with Crippen molar-refractivity contribution in [1.82, 2.24) is 4.98 Å². The number of aliphatic hydroxyl groups is 1. The van der Waals surface area contributed by atoms with Gasteiger partial charge in [0, 0.05) is 11.1 Å². The van der Waals surface area contributed by atoms with Crippen molar-refractivity contribution in [2.24, 2.45) is 5.92 Å². The number of aliphatic hydroxyl groups excluding tert-OH is 1. The lowest BCUT2D eigenvalue weighted by Crippen LogP contribution is -2.21. The van der Waals surface area contributed by atoms with Crippen LogP contribution in [0.4, 0.5) is 0 Å². The number of aromatic nitrogens is 1. The molecule has 1 aromatic rings. The molecule has 0 saturated heterocycles. The summed E-state index contributed by atoms with van der Waals surface area (Å²) >= 11 is 1.29. The first-order chi connectivity index (χ1) is 6.56. The summed E-state index contributed by atoms with van der Waals surface area (Å²) in [7, 11) is 0. The maximum atomic E-state index is 10.8. The van der Waals surface area contributed by atoms with Gasteiger partial charge in [-0.1, -0.05) is 6.92 Å². The highest BCUT2D eigenvalue weighted by atomic mass is 32.1. The van der Waals surface area contributed by atoms with E-state index in [0.717, 1.165) is 5.69 Å². The average molecular weight is 215 g/mol. The van der Waals surface area contributed by atoms with Gasteiger partial charge in [-0.15, -0.1) is 11.3 Å². The number of carbonyl (C=O) groups is 1. The van der Waals surface area contributed by atoms with E-state index in [1.165, 1.54) is 11.3 Å². The number of aliphatic carboxylic acids is 1. The minimum absolute atomic E-state index is 0.398. The second kappa shape index (κ2) is 4.52. The molecule has 2 atom stereocenters. The second-order valence-corrected chi connectivity index (χ2v) is 4.01. The largest absolute Gasteiger partial charge is 0.481 e. The van der Waals surface area contributed by atoms with Crippen molar-refractivity contribution in [2.45, 2.75) is 26.4 Å². The zero-order chi connectivity index (χ0) is 10.7. The lowest BCUT2D eigenvalue weighted by atomic mass is 10.0. The monoisotopic (exact) mass is 215 g/mol. The van der Waals surface area contributed by atoms with Gasteiger partial charge >= 0.3 is 5.97 Å². The molecule has 0 bridgehead atoms. The zero-order valence-corrected chi connectivity index (χ0v) is 8.91. The summed E-state index contributed by atoms with van der Waals surface area (Å²) in [6, 6.07) is 0. The van der Waals surface area contributed by atoms with Crippen molar-refractivity contribution in [3.63, 3.8) is 0 Å². The van der Waals surface area contributed by atoms with Crippen LogP contribution in [0.25, 0.3) is 0 Å². The SMILES string of the molecule is CCC(C(=O)O)C(O)c1nc(C)cs1. The van der Waals surface area contributed by atoms with Gasteiger partial charge in [0.2, 0.25) is 0 Å². The number of thiazole rings is 1. The van der Waals surface area contributed by atoms with Gasteiger partial charge in [-0.25, -0.2) is 4.98 Å². The highest BCUT2D eigenvalue weighted by Crippen LogP contribution is 2.27. The Labute approximate surface area is 86.2 Å². The van der Waals surface area contributed by atoms with Crippen LogP contribution < -0.4 is 0 Å². The Morgan fingerprint density at radius 2 is 2.36 bits per heavy atom. The van der Waals surface area contributed by atoms with Crippen molar-refractivity contribution in [3.8, 4) is 0 Å². The second-order valence-electron chi connectivity index (χ2n) is 3.12. The van der Waals surface area contributed by atoms with Crippen LogP contribution in [0.2, 0.25) is 0 Å². The predicted octanol–water partition coefficient (Wildman–Crippen LogP) is 1.60. The molecule has 4 nitrogen and oxygen atoms in total. The highest BCUT2D eigenvalue weighted by Gasteiger charge is 2.27. The molecular formula is C9H13NO3S. The molecule has 0 spiro atoms. The van der Waals surface area contributed by atoms with Crippen LogP contribution in [0, 0.1) is 12.8 Å². The van der Waals surface area contributed by atoms with Crippen molar-refractivity contribution in [1.29, 1.82) is 0 Å². The molecule has 1 heterocycles. The number of nitrogens with zero attached hydrogens (tertiary/aromatic N) is 1. The van der Waals surface area contributed by atoms with Crippen molar-refractivity contribution < 1.29 is 15.0 Å². The number of carboxylic acids is 1. The van der Waals surface area contributed by atoms with Crippen molar-refractivity contribution in [2.75, 3.05) is 0 Å². The summed E-state index contributed by atoms with van der Waals surface area (Å²) in [5.74, 6) is -1.74. The minimum Gasteiger partial charge on any atom is -0.481 e. The fraction of sp³-hybridized carbons (Fsp3) is 0.556. The molecule has 2 unspecified atom stereocenters. The fourth-order valence-corrected chi connectivity index (χ4v) is 2.06. The number of carboxylic acid groups (broad SMARTS) is 1. The maximum Gasteiger partial charge on any atom is 0.309 e. The Hall–Kier alpha value is -0.940. The third kappa shape index (κ3) is 2.30. The van der Waals surface area contributed by atoms with Crippen LogP contribution in [0.15, 0.2) is 5.38 Å². The molecule has 0 aliphatic carbocycles. The topological polar surface area (TPSA) is 70.4 Å². The molecule has 0 radical (unpaired) electrons. The number of rotatable bonds is 4. The molecule has 0 amide bonds. The summed E-state index contributed by atoms with van der Waals surface area (Å²) in [5.41, 5.74) is 0.810. The van der Waals surface area contributed by atoms with E-state index in [9.17, 15) is 9.90 Å². The Balaban J connectivity index is 2.82. The first-order valence-electron chi connectivity index (χ1n) is 4.39. The molecule has 0 saturated carbocycles. The first kappa shape index (κ1) is 11.1. The Bertz CT molecular complexity index is 324. The summed E-state index contributed by atoms with van der Waals surface area (Å²) in [6.07, 6.45) is -0.592. The van der Waals surface area contributed by atoms with E-state index in [-0.39, 0.29) is 0 Å². The molecule has 1 rings (SSSR count). The lowest BCUT2D eigenvalue weighted by molar-refractivity contribution is -0.146. The van der Waals surface area contributed by atoms with Gasteiger partial charge in [0.15, 0.2) is 0 Å². The molecular weight excluding hydrogens is 202 g/mol. The summed E-state index contributed by atoms with van der Waals surface area (Å²) in [5, 5.41) is 20.8. The molecule has 1 aromatic heterocycles. The zero-order valence-electron chi connectivity index (χ0n) is 8.10. The maximum absolute atomic E-state index is 10.8. The van der Waals surface area contributed by atoms with Crippen LogP contribution in [-0.2, 0) is 4.79 Å². The van der Waals surface area contributed by atoms with E-state index in [1.807, 2.05) is 6.92 Å². The Kier molecular flexibility index (Phi) is 3.60. The number of hydrogen-bond donors (Lipinski definition) is 2. The van der Waals surface area contributed by atoms with E-state index in [4.69, 9.17) is 5.11 Å². The molecule has 14 heavy (non-hydrogen) atoms. The minimum atomic E-state index is -0.990. The molecule has 0 aliphatic rings. The quantitative estimate of drug-likeness (QED) is 0.800. The molecule has 0 fully saturated rings. The van der Waals surface area contributed by atoms with Gasteiger partial charge in [0.05, 0.1) is 5.92 Å². The predicted molar refractivity (Wildman–Crippen MR) is 53.2 cm³/mol. The summed E-state index contributed by atoms with van der Waals surface area (Å²) < 4.78 is 0. The van der Waals surface area contributed by atoms with Gasteiger partial charge in [-0.3, -0.25) is 4.79 Å². The Morgan fingerprint density at radius 3 is 2.71 bits per heavy atom. The normalized spacial score (nSPS) is 15.1. The summed E-state index contributed by atoms with van der Waals surface area (Å²) in [4.78, 5) is 14.8. The van der Waals surface area contributed by atoms with E-state index < -0.39 is 18.0 Å². The third-order valence-electron chi connectivity index (χ3n) is 2.03. The highest BCUT2D eigenvalue weighted by molar-refractivity contribution is 7.09. The van der Waals surface area contributed by atoms with Crippen molar-refractivity contribution >= 4 is 17.3 Å². The van der Waals surface area contributed by atoms with Gasteiger partial charge in [-0.05, 0) is 13.3 Å². The summed E-state index contributed by atoms with van der Waals surface area (Å²) in [6.45, 7) is 3.55. The van der Waals surface area contributed by atoms with Crippen LogP contribution >= 0.6 is 11.3 Å². The third-order valence-corrected chi connectivity index (χ3v) is 3.06. The van der Waals surface area contributed by atoms with Crippen LogP contribution in [0.1, 0.15) is 30.2 Å².